The molecule has 3 amide bonds. The van der Waals surface area contributed by atoms with Crippen molar-refractivity contribution in [3.8, 4) is 0 Å². The van der Waals surface area contributed by atoms with Crippen molar-refractivity contribution >= 4 is 29.1 Å². The molecule has 0 saturated carbocycles. The monoisotopic (exact) mass is 419 g/mol. The molecule has 154 valence electrons. The summed E-state index contributed by atoms with van der Waals surface area (Å²) < 4.78 is 0. The Kier molecular flexibility index (Phi) is 3.30. The van der Waals surface area contributed by atoms with Gasteiger partial charge in [0, 0.05) is 17.4 Å². The minimum atomic E-state index is -0.513. The Morgan fingerprint density at radius 3 is 1.66 bits per heavy atom. The second-order valence-electron chi connectivity index (χ2n) is 8.70. The second kappa shape index (κ2) is 6.01. The van der Waals surface area contributed by atoms with Crippen LogP contribution in [0.1, 0.15) is 39.7 Å². The van der Waals surface area contributed by atoms with Gasteiger partial charge in [0.1, 0.15) is 0 Å². The maximum atomic E-state index is 13.6. The molecule has 2 heterocycles. The molecule has 3 aromatic rings. The fourth-order valence-corrected chi connectivity index (χ4v) is 6.06. The SMILES string of the molecule is O=C1Nc2ccccc2/C1=N\N1C(=O)C2C3c4ccccc4C(c4ccccc43)C2C1=O. The van der Waals surface area contributed by atoms with Crippen LogP contribution in [0.25, 0.3) is 0 Å². The van der Waals surface area contributed by atoms with Crippen molar-refractivity contribution in [3.05, 3.63) is 101 Å². The zero-order valence-electron chi connectivity index (χ0n) is 16.9. The van der Waals surface area contributed by atoms with Crippen molar-refractivity contribution in [2.75, 3.05) is 5.32 Å². The summed E-state index contributed by atoms with van der Waals surface area (Å²) in [5.41, 5.74) is 5.77. The van der Waals surface area contributed by atoms with E-state index in [0.29, 0.717) is 11.3 Å². The van der Waals surface area contributed by atoms with Gasteiger partial charge >= 0.3 is 0 Å². The van der Waals surface area contributed by atoms with Crippen molar-refractivity contribution < 1.29 is 14.4 Å². The van der Waals surface area contributed by atoms with Gasteiger partial charge in [-0.05, 0) is 28.3 Å². The molecule has 0 aromatic heterocycles. The van der Waals surface area contributed by atoms with E-state index >= 15 is 0 Å². The average Bonchev–Trinajstić information content (AvgIpc) is 3.28. The molecule has 6 heteroatoms. The number of fused-ring (bicyclic) bond motifs is 1. The van der Waals surface area contributed by atoms with Crippen LogP contribution < -0.4 is 5.32 Å². The van der Waals surface area contributed by atoms with Gasteiger partial charge in [-0.15, -0.1) is 0 Å². The van der Waals surface area contributed by atoms with Gasteiger partial charge in [0.15, 0.2) is 5.71 Å². The number of hydrazone groups is 1. The third-order valence-corrected chi connectivity index (χ3v) is 7.27. The van der Waals surface area contributed by atoms with E-state index in [4.69, 9.17) is 0 Å². The van der Waals surface area contributed by atoms with Crippen molar-refractivity contribution in [1.82, 2.24) is 5.01 Å². The molecule has 2 atom stereocenters. The highest BCUT2D eigenvalue weighted by Crippen LogP contribution is 2.61. The Bertz CT molecular complexity index is 1290. The highest BCUT2D eigenvalue weighted by Gasteiger charge is 2.62. The van der Waals surface area contributed by atoms with Gasteiger partial charge in [-0.25, -0.2) is 0 Å². The highest BCUT2D eigenvalue weighted by molar-refractivity contribution is 6.54. The maximum absolute atomic E-state index is 13.6. The number of rotatable bonds is 1. The molecule has 0 radical (unpaired) electrons. The summed E-state index contributed by atoms with van der Waals surface area (Å²) in [5.74, 6) is -2.47. The van der Waals surface area contributed by atoms with E-state index in [0.717, 1.165) is 27.3 Å². The number of benzene rings is 3. The topological polar surface area (TPSA) is 78.8 Å². The first-order valence-electron chi connectivity index (χ1n) is 10.7. The summed E-state index contributed by atoms with van der Waals surface area (Å²) in [5, 5.41) is 8.06. The molecule has 3 aromatic carbocycles. The summed E-state index contributed by atoms with van der Waals surface area (Å²) in [6.45, 7) is 0. The lowest BCUT2D eigenvalue weighted by Crippen LogP contribution is -2.41. The van der Waals surface area contributed by atoms with Gasteiger partial charge < -0.3 is 5.32 Å². The van der Waals surface area contributed by atoms with Gasteiger partial charge in [0.2, 0.25) is 0 Å². The largest absolute Gasteiger partial charge is 0.320 e. The number of nitrogens with zero attached hydrogens (tertiary/aromatic N) is 2. The fraction of sp³-hybridized carbons (Fsp3) is 0.154. The summed E-state index contributed by atoms with van der Waals surface area (Å²) in [6, 6.07) is 23.3. The van der Waals surface area contributed by atoms with Gasteiger partial charge in [-0.1, -0.05) is 66.7 Å². The number of hydrogen-bond acceptors (Lipinski definition) is 4. The normalized spacial score (nSPS) is 27.8. The van der Waals surface area contributed by atoms with E-state index in [1.807, 2.05) is 30.3 Å². The van der Waals surface area contributed by atoms with Crippen LogP contribution in [0, 0.1) is 11.8 Å². The number of para-hydroxylation sites is 1. The predicted octanol–water partition coefficient (Wildman–Crippen LogP) is 3.24. The van der Waals surface area contributed by atoms with Gasteiger partial charge in [-0.2, -0.15) is 10.1 Å². The maximum Gasteiger partial charge on any atom is 0.276 e. The molecule has 5 aliphatic rings. The fourth-order valence-electron chi connectivity index (χ4n) is 6.06. The molecule has 1 saturated heterocycles. The summed E-state index contributed by atoms with van der Waals surface area (Å²) >= 11 is 0. The molecule has 2 aliphatic heterocycles. The van der Waals surface area contributed by atoms with E-state index in [1.165, 1.54) is 0 Å². The van der Waals surface area contributed by atoms with E-state index in [9.17, 15) is 14.4 Å². The summed E-state index contributed by atoms with van der Waals surface area (Å²) in [6.07, 6.45) is 0. The number of carbonyl (C=O) groups excluding carboxylic acids is 3. The third-order valence-electron chi connectivity index (χ3n) is 7.27. The quantitative estimate of drug-likeness (QED) is 0.615. The number of nitrogens with one attached hydrogen (secondary N) is 1. The van der Waals surface area contributed by atoms with Gasteiger partial charge in [0.25, 0.3) is 17.7 Å². The van der Waals surface area contributed by atoms with Crippen molar-refractivity contribution in [2.24, 2.45) is 16.9 Å². The zero-order valence-corrected chi connectivity index (χ0v) is 16.9. The lowest BCUT2D eigenvalue weighted by Gasteiger charge is -2.45. The summed E-state index contributed by atoms with van der Waals surface area (Å²) in [4.78, 5) is 39.8. The highest BCUT2D eigenvalue weighted by atomic mass is 16.2. The lowest BCUT2D eigenvalue weighted by atomic mass is 9.55. The Hall–Kier alpha value is -4.06. The molecular weight excluding hydrogens is 402 g/mol. The first kappa shape index (κ1) is 17.6. The van der Waals surface area contributed by atoms with E-state index in [2.05, 4.69) is 34.7 Å². The minimum Gasteiger partial charge on any atom is -0.320 e. The molecule has 6 nitrogen and oxygen atoms in total. The van der Waals surface area contributed by atoms with E-state index in [1.54, 1.807) is 18.2 Å². The van der Waals surface area contributed by atoms with E-state index in [-0.39, 0.29) is 29.4 Å². The molecule has 32 heavy (non-hydrogen) atoms. The van der Waals surface area contributed by atoms with Crippen LogP contribution in [0.4, 0.5) is 5.69 Å². The number of anilines is 1. The molecule has 8 rings (SSSR count). The van der Waals surface area contributed by atoms with Crippen LogP contribution >= 0.6 is 0 Å². The van der Waals surface area contributed by atoms with Crippen LogP contribution in [0.5, 0.6) is 0 Å². The summed E-state index contributed by atoms with van der Waals surface area (Å²) in [7, 11) is 0. The average molecular weight is 419 g/mol. The Labute approximate surface area is 183 Å². The molecule has 2 unspecified atom stereocenters. The second-order valence-corrected chi connectivity index (χ2v) is 8.70. The molecule has 2 bridgehead atoms. The minimum absolute atomic E-state index is 0.100. The molecule has 1 N–H and O–H groups in total. The van der Waals surface area contributed by atoms with Crippen LogP contribution in [0.2, 0.25) is 0 Å². The number of carbonyl (C=O) groups is 3. The van der Waals surface area contributed by atoms with Gasteiger partial charge in [-0.3, -0.25) is 14.4 Å². The smallest absolute Gasteiger partial charge is 0.276 e. The van der Waals surface area contributed by atoms with Crippen LogP contribution in [0.3, 0.4) is 0 Å². The van der Waals surface area contributed by atoms with E-state index < -0.39 is 17.7 Å². The Balaban J connectivity index is 1.39. The van der Waals surface area contributed by atoms with Crippen molar-refractivity contribution in [2.45, 2.75) is 11.8 Å². The first-order valence-corrected chi connectivity index (χ1v) is 10.7. The van der Waals surface area contributed by atoms with Crippen molar-refractivity contribution in [3.63, 3.8) is 0 Å². The van der Waals surface area contributed by atoms with Gasteiger partial charge in [0.05, 0.1) is 17.5 Å². The number of imide groups is 1. The molecular formula is C26H17N3O3. The Morgan fingerprint density at radius 1 is 0.656 bits per heavy atom. The van der Waals surface area contributed by atoms with Crippen LogP contribution in [0.15, 0.2) is 77.9 Å². The molecule has 0 spiro atoms. The predicted molar refractivity (Wildman–Crippen MR) is 117 cm³/mol. The first-order chi connectivity index (χ1) is 15.6. The third kappa shape index (κ3) is 2.04. The standard InChI is InChI=1S/C26H17N3O3/c30-24-23(17-11-5-6-12-18(17)27-24)28-29-25(31)21-19-13-7-1-2-8-14(13)20(22(21)26(29)32)16-10-4-3-9-15(16)19/h1-12,19-22H,(H,27,28,30). The van der Waals surface area contributed by atoms with Crippen LogP contribution in [-0.2, 0) is 14.4 Å². The van der Waals surface area contributed by atoms with Crippen molar-refractivity contribution in [1.29, 1.82) is 0 Å². The number of amides is 3. The molecule has 3 aliphatic carbocycles. The zero-order chi connectivity index (χ0) is 21.6. The Morgan fingerprint density at radius 2 is 1.12 bits per heavy atom. The van der Waals surface area contributed by atoms with Crippen LogP contribution in [-0.4, -0.2) is 28.4 Å². The molecule has 1 fully saturated rings. The lowest BCUT2D eigenvalue weighted by molar-refractivity contribution is -0.139. The number of hydrogen-bond donors (Lipinski definition) is 1.